The van der Waals surface area contributed by atoms with E-state index in [-0.39, 0.29) is 5.75 Å². The van der Waals surface area contributed by atoms with Crippen LogP contribution in [0.4, 0.5) is 0 Å². The summed E-state index contributed by atoms with van der Waals surface area (Å²) in [6, 6.07) is 6.94. The molecule has 0 fully saturated rings. The van der Waals surface area contributed by atoms with Crippen LogP contribution >= 0.6 is 15.9 Å². The molecule has 0 atom stereocenters. The Balaban J connectivity index is 2.41. The van der Waals surface area contributed by atoms with E-state index in [9.17, 15) is 5.11 Å². The van der Waals surface area contributed by atoms with Gasteiger partial charge in [-0.15, -0.1) is 0 Å². The maximum absolute atomic E-state index is 9.40. The highest BCUT2D eigenvalue weighted by Crippen LogP contribution is 2.22. The first-order chi connectivity index (χ1) is 7.72. The third-order valence-corrected chi connectivity index (χ3v) is 3.11. The van der Waals surface area contributed by atoms with Crippen LogP contribution in [0, 0.1) is 0 Å². The molecule has 3 N–H and O–H groups in total. The van der Waals surface area contributed by atoms with Gasteiger partial charge in [-0.1, -0.05) is 6.07 Å². The second-order valence-electron chi connectivity index (χ2n) is 3.43. The van der Waals surface area contributed by atoms with E-state index in [0.29, 0.717) is 6.54 Å². The van der Waals surface area contributed by atoms with Crippen molar-refractivity contribution in [1.82, 2.24) is 9.78 Å². The van der Waals surface area contributed by atoms with Crippen LogP contribution in [0.1, 0.15) is 5.56 Å². The van der Waals surface area contributed by atoms with E-state index in [2.05, 4.69) is 21.0 Å². The van der Waals surface area contributed by atoms with Gasteiger partial charge in [0.05, 0.1) is 11.9 Å². The largest absolute Gasteiger partial charge is 0.508 e. The molecule has 0 aliphatic carbocycles. The average Bonchev–Trinajstić information content (AvgIpc) is 2.61. The highest BCUT2D eigenvalue weighted by molar-refractivity contribution is 9.10. The van der Waals surface area contributed by atoms with Gasteiger partial charge in [-0.3, -0.25) is 0 Å². The first-order valence-corrected chi connectivity index (χ1v) is 5.73. The van der Waals surface area contributed by atoms with Gasteiger partial charge < -0.3 is 10.8 Å². The van der Waals surface area contributed by atoms with E-state index in [4.69, 9.17) is 5.73 Å². The number of aromatic hydroxyl groups is 1. The highest BCUT2D eigenvalue weighted by atomic mass is 79.9. The molecule has 5 heteroatoms. The molecule has 84 valence electrons. The molecule has 2 rings (SSSR count). The third kappa shape index (κ3) is 2.10. The first-order valence-electron chi connectivity index (χ1n) is 4.94. The van der Waals surface area contributed by atoms with Crippen LogP contribution in [0.25, 0.3) is 5.69 Å². The van der Waals surface area contributed by atoms with Crippen LogP contribution < -0.4 is 5.73 Å². The fraction of sp³-hybridized carbons (Fsp3) is 0.182. The van der Waals surface area contributed by atoms with Gasteiger partial charge in [-0.05, 0) is 41.0 Å². The molecule has 1 heterocycles. The predicted molar refractivity (Wildman–Crippen MR) is 65.7 cm³/mol. The molecule has 0 saturated carbocycles. The van der Waals surface area contributed by atoms with Gasteiger partial charge in [0.2, 0.25) is 0 Å². The maximum Gasteiger partial charge on any atom is 0.117 e. The molecule has 0 amide bonds. The van der Waals surface area contributed by atoms with E-state index in [1.807, 2.05) is 6.07 Å². The summed E-state index contributed by atoms with van der Waals surface area (Å²) in [6.07, 6.45) is 2.56. The Morgan fingerprint density at radius 1 is 1.44 bits per heavy atom. The van der Waals surface area contributed by atoms with Crippen LogP contribution in [-0.4, -0.2) is 21.4 Å². The van der Waals surface area contributed by atoms with E-state index in [1.54, 1.807) is 29.1 Å². The fourth-order valence-corrected chi connectivity index (χ4v) is 2.09. The Bertz CT molecular complexity index is 496. The zero-order chi connectivity index (χ0) is 11.5. The summed E-state index contributed by atoms with van der Waals surface area (Å²) in [7, 11) is 0. The molecule has 0 bridgehead atoms. The monoisotopic (exact) mass is 281 g/mol. The number of aromatic nitrogens is 2. The molecule has 0 radical (unpaired) electrons. The van der Waals surface area contributed by atoms with Crippen LogP contribution in [-0.2, 0) is 6.42 Å². The number of nitrogens with two attached hydrogens (primary N) is 1. The highest BCUT2D eigenvalue weighted by Gasteiger charge is 2.08. The van der Waals surface area contributed by atoms with Gasteiger partial charge in [0, 0.05) is 11.6 Å². The number of halogens is 1. The molecule has 16 heavy (non-hydrogen) atoms. The standard InChI is InChI=1S/C11H12BrN3O/c12-11-8(4-5-13)7-14-15(11)9-2-1-3-10(16)6-9/h1-3,6-7,16H,4-5,13H2. The zero-order valence-electron chi connectivity index (χ0n) is 8.60. The molecule has 1 aromatic heterocycles. The smallest absolute Gasteiger partial charge is 0.117 e. The summed E-state index contributed by atoms with van der Waals surface area (Å²) < 4.78 is 2.61. The van der Waals surface area contributed by atoms with Crippen LogP contribution in [0.2, 0.25) is 0 Å². The molecule has 0 unspecified atom stereocenters. The van der Waals surface area contributed by atoms with E-state index < -0.39 is 0 Å². The van der Waals surface area contributed by atoms with Crippen molar-refractivity contribution in [3.8, 4) is 11.4 Å². The second kappa shape index (κ2) is 4.67. The Morgan fingerprint density at radius 2 is 2.25 bits per heavy atom. The van der Waals surface area contributed by atoms with Crippen molar-refractivity contribution in [2.75, 3.05) is 6.54 Å². The number of phenols is 1. The van der Waals surface area contributed by atoms with Crippen molar-refractivity contribution in [3.63, 3.8) is 0 Å². The molecule has 0 aliphatic heterocycles. The normalized spacial score (nSPS) is 10.6. The second-order valence-corrected chi connectivity index (χ2v) is 4.18. The fourth-order valence-electron chi connectivity index (χ4n) is 1.50. The Hall–Kier alpha value is -1.33. The molecule has 2 aromatic rings. The van der Waals surface area contributed by atoms with Gasteiger partial charge in [0.25, 0.3) is 0 Å². The molecule has 1 aromatic carbocycles. The summed E-state index contributed by atoms with van der Waals surface area (Å²) >= 11 is 3.48. The van der Waals surface area contributed by atoms with Crippen molar-refractivity contribution >= 4 is 15.9 Å². The summed E-state index contributed by atoms with van der Waals surface area (Å²) in [5.74, 6) is 0.222. The van der Waals surface area contributed by atoms with Crippen LogP contribution in [0.3, 0.4) is 0 Å². The quantitative estimate of drug-likeness (QED) is 0.902. The minimum absolute atomic E-state index is 0.222. The van der Waals surface area contributed by atoms with E-state index in [0.717, 1.165) is 22.3 Å². The van der Waals surface area contributed by atoms with Gasteiger partial charge in [0.1, 0.15) is 10.4 Å². The molecule has 0 saturated heterocycles. The summed E-state index contributed by atoms with van der Waals surface area (Å²) in [6.45, 7) is 0.588. The number of phenolic OH excluding ortho intramolecular Hbond substituents is 1. The van der Waals surface area contributed by atoms with Gasteiger partial charge in [-0.2, -0.15) is 5.10 Å². The Kier molecular flexibility index (Phi) is 3.26. The number of benzene rings is 1. The van der Waals surface area contributed by atoms with E-state index >= 15 is 0 Å². The van der Waals surface area contributed by atoms with E-state index in [1.165, 1.54) is 0 Å². The van der Waals surface area contributed by atoms with Crippen molar-refractivity contribution in [1.29, 1.82) is 0 Å². The summed E-state index contributed by atoms with van der Waals surface area (Å²) in [5, 5.41) is 13.6. The lowest BCUT2D eigenvalue weighted by atomic mass is 10.2. The summed E-state index contributed by atoms with van der Waals surface area (Å²) in [5.41, 5.74) is 7.38. The Morgan fingerprint density at radius 3 is 2.94 bits per heavy atom. The number of rotatable bonds is 3. The van der Waals surface area contributed by atoms with Crippen molar-refractivity contribution < 1.29 is 5.11 Å². The molecule has 4 nitrogen and oxygen atoms in total. The van der Waals surface area contributed by atoms with Gasteiger partial charge >= 0.3 is 0 Å². The lowest BCUT2D eigenvalue weighted by Gasteiger charge is -2.04. The average molecular weight is 282 g/mol. The zero-order valence-corrected chi connectivity index (χ0v) is 10.2. The van der Waals surface area contributed by atoms with Crippen molar-refractivity contribution in [2.45, 2.75) is 6.42 Å². The predicted octanol–water partition coefficient (Wildman–Crippen LogP) is 1.84. The lowest BCUT2D eigenvalue weighted by molar-refractivity contribution is 0.475. The number of hydrogen-bond donors (Lipinski definition) is 2. The molecule has 0 spiro atoms. The minimum atomic E-state index is 0.222. The topological polar surface area (TPSA) is 64.1 Å². The molecular weight excluding hydrogens is 270 g/mol. The third-order valence-electron chi connectivity index (χ3n) is 2.27. The lowest BCUT2D eigenvalue weighted by Crippen LogP contribution is -2.03. The number of hydrogen-bond acceptors (Lipinski definition) is 3. The number of nitrogens with zero attached hydrogens (tertiary/aromatic N) is 2. The first kappa shape index (κ1) is 11.2. The maximum atomic E-state index is 9.40. The van der Waals surface area contributed by atoms with Gasteiger partial charge in [0.15, 0.2) is 0 Å². The SMILES string of the molecule is NCCc1cnn(-c2cccc(O)c2)c1Br. The van der Waals surface area contributed by atoms with Crippen LogP contribution in [0.15, 0.2) is 35.1 Å². The molecular formula is C11H12BrN3O. The van der Waals surface area contributed by atoms with Gasteiger partial charge in [-0.25, -0.2) is 4.68 Å². The minimum Gasteiger partial charge on any atom is -0.508 e. The van der Waals surface area contributed by atoms with Crippen molar-refractivity contribution in [3.05, 3.63) is 40.6 Å². The summed E-state index contributed by atoms with van der Waals surface area (Å²) in [4.78, 5) is 0. The van der Waals surface area contributed by atoms with Crippen LogP contribution in [0.5, 0.6) is 5.75 Å². The van der Waals surface area contributed by atoms with Crippen molar-refractivity contribution in [2.24, 2.45) is 5.73 Å². The molecule has 0 aliphatic rings. The Labute approximate surface area is 102 Å².